The molecule has 0 saturated carbocycles. The fraction of sp³-hybridized carbons (Fsp3) is 0.467. The van der Waals surface area contributed by atoms with E-state index in [0.717, 1.165) is 24.9 Å². The Morgan fingerprint density at radius 3 is 2.70 bits per heavy atom. The van der Waals surface area contributed by atoms with E-state index in [2.05, 4.69) is 11.9 Å². The molecule has 0 amide bonds. The van der Waals surface area contributed by atoms with Crippen molar-refractivity contribution >= 4 is 10.0 Å². The van der Waals surface area contributed by atoms with E-state index in [4.69, 9.17) is 0 Å². The van der Waals surface area contributed by atoms with Crippen LogP contribution < -0.4 is 5.32 Å². The average Bonchev–Trinajstić information content (AvgIpc) is 2.45. The highest BCUT2D eigenvalue weighted by molar-refractivity contribution is 7.89. The van der Waals surface area contributed by atoms with Crippen LogP contribution in [0.1, 0.15) is 25.3 Å². The van der Waals surface area contributed by atoms with Crippen molar-refractivity contribution in [1.29, 1.82) is 0 Å². The van der Waals surface area contributed by atoms with E-state index < -0.39 is 10.0 Å². The lowest BCUT2D eigenvalue weighted by molar-refractivity contribution is 0.461. The first-order valence-corrected chi connectivity index (χ1v) is 8.34. The molecular formula is C15H24N2O2S. The molecule has 0 aliphatic carbocycles. The lowest BCUT2D eigenvalue weighted by Gasteiger charge is -2.19. The number of unbranched alkanes of at least 4 members (excludes halogenated alkanes) is 1. The molecule has 0 saturated heterocycles. The van der Waals surface area contributed by atoms with E-state index in [0.29, 0.717) is 18.0 Å². The number of nitrogens with one attached hydrogen (secondary N) is 1. The molecule has 0 atom stereocenters. The van der Waals surface area contributed by atoms with E-state index in [1.54, 1.807) is 25.3 Å². The Morgan fingerprint density at radius 1 is 1.35 bits per heavy atom. The van der Waals surface area contributed by atoms with Crippen LogP contribution in [0.15, 0.2) is 41.8 Å². The molecule has 5 heteroatoms. The topological polar surface area (TPSA) is 49.4 Å². The zero-order valence-corrected chi connectivity index (χ0v) is 13.1. The summed E-state index contributed by atoms with van der Waals surface area (Å²) in [4.78, 5) is 0.391. The normalized spacial score (nSPS) is 11.8. The maximum absolute atomic E-state index is 12.6. The molecule has 0 aromatic heterocycles. The van der Waals surface area contributed by atoms with E-state index in [1.807, 2.05) is 19.1 Å². The van der Waals surface area contributed by atoms with Gasteiger partial charge in [0.25, 0.3) is 0 Å². The Kier molecular flexibility index (Phi) is 6.91. The average molecular weight is 296 g/mol. The highest BCUT2D eigenvalue weighted by Crippen LogP contribution is 2.19. The molecule has 1 aromatic rings. The second-order valence-corrected chi connectivity index (χ2v) is 6.66. The summed E-state index contributed by atoms with van der Waals surface area (Å²) in [6, 6.07) is 7.16. The second kappa shape index (κ2) is 8.19. The summed E-state index contributed by atoms with van der Waals surface area (Å²) in [6.07, 6.45) is 3.41. The number of allylic oxidation sites excluding steroid dienone is 1. The first-order chi connectivity index (χ1) is 9.54. The quantitative estimate of drug-likeness (QED) is 0.562. The van der Waals surface area contributed by atoms with Crippen molar-refractivity contribution in [3.63, 3.8) is 0 Å². The molecule has 0 heterocycles. The van der Waals surface area contributed by atoms with Gasteiger partial charge in [0.2, 0.25) is 10.0 Å². The highest BCUT2D eigenvalue weighted by atomic mass is 32.2. The standard InChI is InChI=1S/C15H24N2O2S/c1-4-6-9-12-17(3)20(18,19)15-11-8-7-10-14(15)13-16-5-2/h4,7-8,10-11,16H,1,5-6,9,12-13H2,2-3H3. The van der Waals surface area contributed by atoms with Gasteiger partial charge in [0.05, 0.1) is 4.90 Å². The predicted molar refractivity (Wildman–Crippen MR) is 83.1 cm³/mol. The molecule has 0 fully saturated rings. The van der Waals surface area contributed by atoms with Gasteiger partial charge < -0.3 is 5.32 Å². The van der Waals surface area contributed by atoms with Crippen molar-refractivity contribution in [2.24, 2.45) is 0 Å². The lowest BCUT2D eigenvalue weighted by Crippen LogP contribution is -2.29. The summed E-state index contributed by atoms with van der Waals surface area (Å²) < 4.78 is 26.6. The Labute approximate surface area is 122 Å². The number of hydrogen-bond acceptors (Lipinski definition) is 3. The monoisotopic (exact) mass is 296 g/mol. The van der Waals surface area contributed by atoms with Crippen molar-refractivity contribution in [2.45, 2.75) is 31.2 Å². The molecule has 0 aliphatic rings. The van der Waals surface area contributed by atoms with Gasteiger partial charge >= 0.3 is 0 Å². The van der Waals surface area contributed by atoms with Crippen molar-refractivity contribution < 1.29 is 8.42 Å². The summed E-state index contributed by atoms with van der Waals surface area (Å²) >= 11 is 0. The van der Waals surface area contributed by atoms with Crippen molar-refractivity contribution in [3.8, 4) is 0 Å². The van der Waals surface area contributed by atoms with Crippen LogP contribution in [0, 0.1) is 0 Å². The third-order valence-electron chi connectivity index (χ3n) is 3.11. The highest BCUT2D eigenvalue weighted by Gasteiger charge is 2.22. The van der Waals surface area contributed by atoms with Gasteiger partial charge in [-0.2, -0.15) is 0 Å². The Bertz CT molecular complexity index is 526. The van der Waals surface area contributed by atoms with E-state index in [9.17, 15) is 8.42 Å². The van der Waals surface area contributed by atoms with Crippen molar-refractivity contribution in [3.05, 3.63) is 42.5 Å². The molecule has 0 radical (unpaired) electrons. The summed E-state index contributed by atoms with van der Waals surface area (Å²) in [6.45, 7) is 7.52. The van der Waals surface area contributed by atoms with Gasteiger partial charge in [0, 0.05) is 20.1 Å². The zero-order chi connectivity index (χ0) is 15.0. The number of rotatable bonds is 9. The minimum atomic E-state index is -3.42. The van der Waals surface area contributed by atoms with Crippen LogP contribution in [-0.4, -0.2) is 32.9 Å². The van der Waals surface area contributed by atoms with Gasteiger partial charge in [-0.15, -0.1) is 6.58 Å². The molecule has 0 spiro atoms. The molecule has 1 N–H and O–H groups in total. The Morgan fingerprint density at radius 2 is 2.05 bits per heavy atom. The number of hydrogen-bond donors (Lipinski definition) is 1. The molecular weight excluding hydrogens is 272 g/mol. The summed E-state index contributed by atoms with van der Waals surface area (Å²) in [5, 5.41) is 3.17. The molecule has 0 bridgehead atoms. The summed E-state index contributed by atoms with van der Waals surface area (Å²) in [5.74, 6) is 0. The fourth-order valence-corrected chi connectivity index (χ4v) is 3.33. The maximum atomic E-state index is 12.6. The summed E-state index contributed by atoms with van der Waals surface area (Å²) in [7, 11) is -1.79. The zero-order valence-electron chi connectivity index (χ0n) is 12.3. The van der Waals surface area contributed by atoms with Gasteiger partial charge in [-0.1, -0.05) is 31.2 Å². The van der Waals surface area contributed by atoms with Crippen LogP contribution in [0.3, 0.4) is 0 Å². The van der Waals surface area contributed by atoms with Gasteiger partial charge in [0.1, 0.15) is 0 Å². The second-order valence-electron chi connectivity index (χ2n) is 4.65. The molecule has 20 heavy (non-hydrogen) atoms. The Hall–Kier alpha value is -1.17. The third kappa shape index (κ3) is 4.44. The van der Waals surface area contributed by atoms with Crippen LogP contribution in [0.2, 0.25) is 0 Å². The molecule has 112 valence electrons. The minimum Gasteiger partial charge on any atom is -0.313 e. The van der Waals surface area contributed by atoms with Crippen molar-refractivity contribution in [1.82, 2.24) is 9.62 Å². The van der Waals surface area contributed by atoms with Crippen LogP contribution in [0.25, 0.3) is 0 Å². The van der Waals surface area contributed by atoms with E-state index >= 15 is 0 Å². The molecule has 4 nitrogen and oxygen atoms in total. The minimum absolute atomic E-state index is 0.391. The van der Waals surface area contributed by atoms with E-state index in [1.165, 1.54) is 4.31 Å². The smallest absolute Gasteiger partial charge is 0.243 e. The maximum Gasteiger partial charge on any atom is 0.243 e. The third-order valence-corrected chi connectivity index (χ3v) is 5.06. The van der Waals surface area contributed by atoms with Gasteiger partial charge in [-0.05, 0) is 31.0 Å². The first-order valence-electron chi connectivity index (χ1n) is 6.90. The number of benzene rings is 1. The van der Waals surface area contributed by atoms with Gasteiger partial charge in [-0.3, -0.25) is 0 Å². The fourth-order valence-electron chi connectivity index (χ4n) is 1.91. The van der Waals surface area contributed by atoms with Crippen LogP contribution in [0.5, 0.6) is 0 Å². The van der Waals surface area contributed by atoms with Gasteiger partial charge in [0.15, 0.2) is 0 Å². The molecule has 1 rings (SSSR count). The molecule has 0 aliphatic heterocycles. The first kappa shape index (κ1) is 16.9. The lowest BCUT2D eigenvalue weighted by atomic mass is 10.2. The van der Waals surface area contributed by atoms with Crippen molar-refractivity contribution in [2.75, 3.05) is 20.1 Å². The number of nitrogens with zero attached hydrogens (tertiary/aromatic N) is 1. The van der Waals surface area contributed by atoms with Crippen LogP contribution in [-0.2, 0) is 16.6 Å². The largest absolute Gasteiger partial charge is 0.313 e. The summed E-state index contributed by atoms with van der Waals surface area (Å²) in [5.41, 5.74) is 0.810. The number of sulfonamides is 1. The predicted octanol–water partition coefficient (Wildman–Crippen LogP) is 2.38. The van der Waals surface area contributed by atoms with Crippen LogP contribution in [0.4, 0.5) is 0 Å². The molecule has 1 aromatic carbocycles. The molecule has 0 unspecified atom stereocenters. The van der Waals surface area contributed by atoms with E-state index in [-0.39, 0.29) is 0 Å². The van der Waals surface area contributed by atoms with Crippen LogP contribution >= 0.6 is 0 Å². The Balaban J connectivity index is 2.93. The van der Waals surface area contributed by atoms with Gasteiger partial charge in [-0.25, -0.2) is 12.7 Å². The SMILES string of the molecule is C=CCCCN(C)S(=O)(=O)c1ccccc1CNCC.